The summed E-state index contributed by atoms with van der Waals surface area (Å²) in [6, 6.07) is 15.2. The number of carboxylic acid groups (broad SMARTS) is 2. The Morgan fingerprint density at radius 3 is 2.65 bits per heavy atom. The number of amides is 2. The van der Waals surface area contributed by atoms with Crippen molar-refractivity contribution < 1.29 is 43.9 Å². The van der Waals surface area contributed by atoms with E-state index in [1.165, 1.54) is 35.3 Å². The fraction of sp³-hybridized carbons (Fsp3) is 0.152. The molecule has 5 aromatic rings. The molecule has 2 aromatic carbocycles. The second-order valence-electron chi connectivity index (χ2n) is 11.4. The molecule has 18 heteroatoms. The number of thioether (sulfide) groups is 1. The zero-order chi connectivity index (χ0) is 36.0. The van der Waals surface area contributed by atoms with Crippen LogP contribution in [0.2, 0.25) is 0 Å². The van der Waals surface area contributed by atoms with Crippen LogP contribution in [0.5, 0.6) is 5.75 Å². The number of nitrogens with two attached hydrogens (primary N) is 1. The van der Waals surface area contributed by atoms with E-state index in [2.05, 4.69) is 20.4 Å². The molecule has 0 aliphatic carbocycles. The number of benzene rings is 2. The maximum absolute atomic E-state index is 13.7. The Balaban J connectivity index is 1.15. The highest BCUT2D eigenvalue weighted by Crippen LogP contribution is 2.40. The number of carboxylic acids is 2. The van der Waals surface area contributed by atoms with Gasteiger partial charge in [0, 0.05) is 51.2 Å². The molecule has 1 fully saturated rings. The summed E-state index contributed by atoms with van der Waals surface area (Å²) in [7, 11) is 0. The first kappa shape index (κ1) is 33.2. The number of H-pyrrole nitrogens is 1. The summed E-state index contributed by atoms with van der Waals surface area (Å²) < 4.78 is 1.91. The van der Waals surface area contributed by atoms with Gasteiger partial charge in [-0.3, -0.25) is 19.3 Å². The summed E-state index contributed by atoms with van der Waals surface area (Å²) >= 11 is 2.26. The first-order chi connectivity index (χ1) is 24.5. The molecule has 3 atom stereocenters. The van der Waals surface area contributed by atoms with Gasteiger partial charge < -0.3 is 36.2 Å². The van der Waals surface area contributed by atoms with E-state index in [9.17, 15) is 39.3 Å². The van der Waals surface area contributed by atoms with Crippen molar-refractivity contribution in [2.45, 2.75) is 24.1 Å². The van der Waals surface area contributed by atoms with Gasteiger partial charge in [0.05, 0.1) is 5.52 Å². The number of hydrogen-bond donors (Lipinski definition) is 6. The minimum Gasteiger partial charge on any atom is -0.506 e. The number of pyridine rings is 2. The van der Waals surface area contributed by atoms with E-state index in [0.717, 1.165) is 33.2 Å². The molecule has 2 aliphatic heterocycles. The fourth-order valence-corrected chi connectivity index (χ4v) is 7.89. The highest BCUT2D eigenvalue weighted by molar-refractivity contribution is 8.00. The molecule has 2 aliphatic rings. The molecule has 0 spiro atoms. The Labute approximate surface area is 294 Å². The number of thiazole rings is 1. The number of fused-ring (bicyclic) bond motifs is 3. The first-order valence-electron chi connectivity index (χ1n) is 15.1. The molecule has 1 saturated heterocycles. The molecule has 0 bridgehead atoms. The number of nitrogen functional groups attached to an aromatic ring is 1. The van der Waals surface area contributed by atoms with Crippen LogP contribution < -0.4 is 21.2 Å². The number of aromatic hydroxyl groups is 1. The van der Waals surface area contributed by atoms with Crippen LogP contribution in [0.1, 0.15) is 17.4 Å². The lowest BCUT2D eigenvalue weighted by Gasteiger charge is -2.49. The van der Waals surface area contributed by atoms with Crippen LogP contribution in [-0.4, -0.2) is 76.8 Å². The van der Waals surface area contributed by atoms with Gasteiger partial charge in [-0.15, -0.1) is 23.1 Å². The highest BCUT2D eigenvalue weighted by Gasteiger charge is 2.55. The van der Waals surface area contributed by atoms with Crippen LogP contribution in [0.25, 0.3) is 21.8 Å². The molecule has 3 aromatic heterocycles. The molecule has 2 amide bonds. The second kappa shape index (κ2) is 13.2. The van der Waals surface area contributed by atoms with Crippen molar-refractivity contribution >= 4 is 79.5 Å². The number of hydrogen-bond acceptors (Lipinski definition) is 12. The van der Waals surface area contributed by atoms with Crippen LogP contribution in [-0.2, 0) is 30.6 Å². The normalized spacial score (nSPS) is 17.9. The molecule has 1 unspecified atom stereocenters. The summed E-state index contributed by atoms with van der Waals surface area (Å²) in [5, 5.41) is 38.8. The smallest absolute Gasteiger partial charge is 0.352 e. The number of nitrogens with one attached hydrogen (secondary N) is 2. The van der Waals surface area contributed by atoms with E-state index in [4.69, 9.17) is 10.6 Å². The number of oxime groups is 1. The van der Waals surface area contributed by atoms with E-state index in [1.54, 1.807) is 0 Å². The molecule has 0 radical (unpaired) electrons. The van der Waals surface area contributed by atoms with Crippen LogP contribution in [0.4, 0.5) is 5.13 Å². The summed E-state index contributed by atoms with van der Waals surface area (Å²) in [4.78, 5) is 77.0. The van der Waals surface area contributed by atoms with Gasteiger partial charge in [-0.1, -0.05) is 23.4 Å². The van der Waals surface area contributed by atoms with Gasteiger partial charge in [0.15, 0.2) is 23.6 Å². The standard InChI is InChI=1S/C33H25N7O9S2/c34-33-35-19(14-51-33)24(38-49-27(32(47)48)18-7-9-21(41)23-17(18)8-10-22(42)36-23)28(43)37-25-29(44)40-26(31(45)46)16(13-50-30(25)40)12-39-11-3-5-15-4-1-2-6-20(15)39/h1-11,14,25,27,30H,12-13H2,(H6-,34,35,36,37,38,41,42,43,45,46,47,48)/p+1/t25-,27?,30-/m1/s1. The largest absolute Gasteiger partial charge is 0.506 e. The van der Waals surface area contributed by atoms with E-state index in [0.29, 0.717) is 5.57 Å². The third-order valence-corrected chi connectivity index (χ3v) is 10.3. The lowest BCUT2D eigenvalue weighted by atomic mass is 10.0. The third-order valence-electron chi connectivity index (χ3n) is 8.33. The summed E-state index contributed by atoms with van der Waals surface area (Å²) in [6.07, 6.45) is 0.00865. The number of carbonyl (C=O) groups is 4. The zero-order valence-corrected chi connectivity index (χ0v) is 27.7. The van der Waals surface area contributed by atoms with Gasteiger partial charge in [-0.2, -0.15) is 4.57 Å². The van der Waals surface area contributed by atoms with Gasteiger partial charge in [0.25, 0.3) is 11.8 Å². The molecule has 16 nitrogen and oxygen atoms in total. The number of rotatable bonds is 10. The maximum Gasteiger partial charge on any atom is 0.352 e. The zero-order valence-electron chi connectivity index (χ0n) is 26.0. The molecule has 5 heterocycles. The summed E-state index contributed by atoms with van der Waals surface area (Å²) in [5.74, 6) is -4.46. The Bertz CT molecular complexity index is 2400. The number of aliphatic carboxylic acids is 2. The second-order valence-corrected chi connectivity index (χ2v) is 13.4. The third kappa shape index (κ3) is 6.10. The molecular weight excluding hydrogens is 703 g/mol. The van der Waals surface area contributed by atoms with E-state index >= 15 is 0 Å². The van der Waals surface area contributed by atoms with E-state index in [-0.39, 0.29) is 51.0 Å². The average Bonchev–Trinajstić information content (AvgIpc) is 3.54. The highest BCUT2D eigenvalue weighted by atomic mass is 32.2. The van der Waals surface area contributed by atoms with Crippen molar-refractivity contribution in [1.29, 1.82) is 0 Å². The van der Waals surface area contributed by atoms with E-state index in [1.807, 2.05) is 47.2 Å². The monoisotopic (exact) mass is 728 g/mol. The molecule has 258 valence electrons. The maximum atomic E-state index is 13.7. The number of phenols is 1. The van der Waals surface area contributed by atoms with Crippen LogP contribution in [0.15, 0.2) is 93.5 Å². The predicted octanol–water partition coefficient (Wildman–Crippen LogP) is 1.70. The minimum atomic E-state index is -1.83. The number of para-hydroxylation sites is 1. The van der Waals surface area contributed by atoms with Gasteiger partial charge in [0.2, 0.25) is 17.2 Å². The topological polar surface area (TPSA) is 241 Å². The van der Waals surface area contributed by atoms with Gasteiger partial charge >= 0.3 is 11.9 Å². The molecule has 0 saturated carbocycles. The van der Waals surface area contributed by atoms with Crippen molar-refractivity contribution in [3.8, 4) is 5.75 Å². The van der Waals surface area contributed by atoms with Crippen molar-refractivity contribution in [3.63, 3.8) is 0 Å². The van der Waals surface area contributed by atoms with Gasteiger partial charge in [-0.25, -0.2) is 14.6 Å². The Hall–Kier alpha value is -6.27. The minimum absolute atomic E-state index is 0.00160. The lowest BCUT2D eigenvalue weighted by molar-refractivity contribution is -0.663. The van der Waals surface area contributed by atoms with Crippen LogP contribution in [0.3, 0.4) is 0 Å². The molecule has 7 rings (SSSR count). The van der Waals surface area contributed by atoms with Crippen molar-refractivity contribution in [2.75, 3.05) is 11.5 Å². The van der Waals surface area contributed by atoms with E-state index < -0.39 is 52.5 Å². The summed E-state index contributed by atoms with van der Waals surface area (Å²) in [6.45, 7) is 0.222. The molecular formula is C33H26N7O9S2+. The summed E-state index contributed by atoms with van der Waals surface area (Å²) in [5.41, 5.74) is 5.91. The Kier molecular flexibility index (Phi) is 8.61. The van der Waals surface area contributed by atoms with Crippen molar-refractivity contribution in [3.05, 3.63) is 105 Å². The number of anilines is 1. The van der Waals surface area contributed by atoms with Gasteiger partial charge in [0.1, 0.15) is 28.6 Å². The number of nitrogens with zero attached hydrogens (tertiary/aromatic N) is 4. The lowest BCUT2D eigenvalue weighted by Crippen LogP contribution is -2.71. The SMILES string of the molecule is Nc1nc(/C(=N/OC(C(=O)O)c2ccc(O)c3[nH]c(=O)ccc23)C(=O)N[C@@H]2C(=O)N3C(C(=O)O)=C(C[n+]4cccc5ccccc54)CS[C@H]23)cs1. The quantitative estimate of drug-likeness (QED) is 0.0521. The van der Waals surface area contributed by atoms with Crippen molar-refractivity contribution in [1.82, 2.24) is 20.2 Å². The average molecular weight is 729 g/mol. The predicted molar refractivity (Wildman–Crippen MR) is 185 cm³/mol. The van der Waals surface area contributed by atoms with Crippen LogP contribution >= 0.6 is 23.1 Å². The number of aromatic amines is 1. The number of phenolic OH excluding ortho intramolecular Hbond substituents is 1. The number of aromatic nitrogens is 3. The van der Waals surface area contributed by atoms with Crippen molar-refractivity contribution in [2.24, 2.45) is 5.16 Å². The molecule has 7 N–H and O–H groups in total. The van der Waals surface area contributed by atoms with Crippen LogP contribution in [0, 0.1) is 0 Å². The number of β-lactam (4-membered cyclic amide) rings is 1. The van der Waals surface area contributed by atoms with Gasteiger partial charge in [-0.05, 0) is 24.3 Å². The number of carbonyl (C=O) groups excluding carboxylic acids is 2. The Morgan fingerprint density at radius 1 is 1.12 bits per heavy atom. The fourth-order valence-electron chi connectivity index (χ4n) is 6.01. The molecule has 51 heavy (non-hydrogen) atoms. The first-order valence-corrected chi connectivity index (χ1v) is 17.1. The Morgan fingerprint density at radius 2 is 1.90 bits per heavy atom.